The van der Waals surface area contributed by atoms with Crippen molar-refractivity contribution < 1.29 is 22.4 Å². The lowest BCUT2D eigenvalue weighted by atomic mass is 10.1. The maximum absolute atomic E-state index is 13.5. The molecular weight excluding hydrogens is 324 g/mol. The number of carbonyl (C=O) groups is 1. The first-order valence-electron chi connectivity index (χ1n) is 7.00. The fourth-order valence-corrected chi connectivity index (χ4v) is 2.63. The fraction of sp³-hybridized carbons (Fsp3) is 0.118. The number of hydrogen-bond donors (Lipinski definition) is 1. The first kappa shape index (κ1) is 16.0. The molecule has 0 bridgehead atoms. The first-order chi connectivity index (χ1) is 11.3. The molecule has 7 heteroatoms. The van der Waals surface area contributed by atoms with Crippen LogP contribution in [0.5, 0.6) is 0 Å². The lowest BCUT2D eigenvalue weighted by Crippen LogP contribution is -2.14. The van der Waals surface area contributed by atoms with Crippen molar-refractivity contribution in [2.75, 3.05) is 0 Å². The molecule has 0 aliphatic carbocycles. The number of carbonyl (C=O) groups excluding carboxylic acids is 1. The predicted molar refractivity (Wildman–Crippen MR) is 81.0 cm³/mol. The van der Waals surface area contributed by atoms with Gasteiger partial charge in [0.05, 0.1) is 16.6 Å². The van der Waals surface area contributed by atoms with E-state index in [4.69, 9.17) is 5.73 Å². The largest absolute Gasteiger partial charge is 0.416 e. The SMILES string of the molecule is NC(=O)c1cc(F)cc2ccn(Cc3ccc(C(F)(F)F)cc3)c12. The smallest absolute Gasteiger partial charge is 0.366 e. The first-order valence-corrected chi connectivity index (χ1v) is 7.00. The molecule has 1 aromatic heterocycles. The Labute approximate surface area is 134 Å². The third-order valence-corrected chi connectivity index (χ3v) is 3.73. The Balaban J connectivity index is 2.00. The lowest BCUT2D eigenvalue weighted by Gasteiger charge is -2.10. The molecule has 1 amide bonds. The molecule has 0 unspecified atom stereocenters. The molecule has 3 aromatic rings. The van der Waals surface area contributed by atoms with Crippen molar-refractivity contribution in [1.82, 2.24) is 4.57 Å². The van der Waals surface area contributed by atoms with E-state index in [-0.39, 0.29) is 12.1 Å². The van der Waals surface area contributed by atoms with Crippen LogP contribution in [-0.4, -0.2) is 10.5 Å². The number of rotatable bonds is 3. The zero-order valence-corrected chi connectivity index (χ0v) is 12.3. The van der Waals surface area contributed by atoms with Crippen molar-refractivity contribution in [3.63, 3.8) is 0 Å². The van der Waals surface area contributed by atoms with E-state index in [1.54, 1.807) is 16.8 Å². The zero-order chi connectivity index (χ0) is 17.5. The maximum Gasteiger partial charge on any atom is 0.416 e. The highest BCUT2D eigenvalue weighted by molar-refractivity contribution is 6.05. The molecule has 24 heavy (non-hydrogen) atoms. The van der Waals surface area contributed by atoms with Crippen molar-refractivity contribution in [1.29, 1.82) is 0 Å². The molecule has 3 nitrogen and oxygen atoms in total. The summed E-state index contributed by atoms with van der Waals surface area (Å²) in [6.07, 6.45) is -2.76. The van der Waals surface area contributed by atoms with Gasteiger partial charge in [-0.05, 0) is 35.9 Å². The summed E-state index contributed by atoms with van der Waals surface area (Å²) in [5.74, 6) is -1.35. The predicted octanol–water partition coefficient (Wildman–Crippen LogP) is 3.95. The van der Waals surface area contributed by atoms with Crippen LogP contribution in [0.4, 0.5) is 17.6 Å². The summed E-state index contributed by atoms with van der Waals surface area (Å²) in [4.78, 5) is 11.5. The second-order valence-corrected chi connectivity index (χ2v) is 5.39. The molecule has 0 saturated carbocycles. The van der Waals surface area contributed by atoms with Crippen molar-refractivity contribution in [2.24, 2.45) is 5.73 Å². The number of halogens is 4. The van der Waals surface area contributed by atoms with Gasteiger partial charge in [-0.1, -0.05) is 12.1 Å². The van der Waals surface area contributed by atoms with Crippen molar-refractivity contribution in [2.45, 2.75) is 12.7 Å². The summed E-state index contributed by atoms with van der Waals surface area (Å²) in [7, 11) is 0. The average molecular weight is 336 g/mol. The highest BCUT2D eigenvalue weighted by atomic mass is 19.4. The molecule has 3 rings (SSSR count). The fourth-order valence-electron chi connectivity index (χ4n) is 2.63. The molecule has 2 aromatic carbocycles. The third-order valence-electron chi connectivity index (χ3n) is 3.73. The molecule has 0 saturated heterocycles. The van der Waals surface area contributed by atoms with Gasteiger partial charge in [0.15, 0.2) is 0 Å². The van der Waals surface area contributed by atoms with Gasteiger partial charge in [-0.15, -0.1) is 0 Å². The van der Waals surface area contributed by atoms with Crippen LogP contribution in [-0.2, 0) is 12.7 Å². The minimum atomic E-state index is -4.39. The van der Waals surface area contributed by atoms with Gasteiger partial charge in [-0.3, -0.25) is 4.79 Å². The summed E-state index contributed by atoms with van der Waals surface area (Å²) in [5.41, 5.74) is 5.65. The Morgan fingerprint density at radius 1 is 1.08 bits per heavy atom. The standard InChI is InChI=1S/C17H12F4N2O/c18-13-7-11-5-6-23(15(11)14(8-13)16(22)24)9-10-1-3-12(4-2-10)17(19,20)21/h1-8H,9H2,(H2,22,24). The molecule has 0 fully saturated rings. The molecule has 0 aliphatic rings. The highest BCUT2D eigenvalue weighted by Crippen LogP contribution is 2.29. The lowest BCUT2D eigenvalue weighted by molar-refractivity contribution is -0.137. The molecule has 0 aliphatic heterocycles. The Hall–Kier alpha value is -2.83. The summed E-state index contributed by atoms with van der Waals surface area (Å²) >= 11 is 0. The number of hydrogen-bond acceptors (Lipinski definition) is 1. The normalized spacial score (nSPS) is 11.8. The van der Waals surface area contributed by atoms with E-state index in [1.807, 2.05) is 0 Å². The molecule has 124 valence electrons. The van der Waals surface area contributed by atoms with E-state index in [2.05, 4.69) is 0 Å². The molecule has 0 radical (unpaired) electrons. The number of amides is 1. The molecule has 1 heterocycles. The minimum absolute atomic E-state index is 0.0295. The molecule has 0 atom stereocenters. The second-order valence-electron chi connectivity index (χ2n) is 5.39. The van der Waals surface area contributed by atoms with Gasteiger partial charge in [0, 0.05) is 18.1 Å². The Bertz CT molecular complexity index is 911. The third kappa shape index (κ3) is 2.97. The van der Waals surface area contributed by atoms with Crippen molar-refractivity contribution in [3.8, 4) is 0 Å². The van der Waals surface area contributed by atoms with Crippen LogP contribution in [0.15, 0.2) is 48.7 Å². The monoisotopic (exact) mass is 336 g/mol. The van der Waals surface area contributed by atoms with Crippen LogP contribution in [0, 0.1) is 5.82 Å². The number of aromatic nitrogens is 1. The van der Waals surface area contributed by atoms with E-state index in [0.717, 1.165) is 18.2 Å². The zero-order valence-electron chi connectivity index (χ0n) is 12.3. The van der Waals surface area contributed by atoms with Gasteiger partial charge < -0.3 is 10.3 Å². The summed E-state index contributed by atoms with van der Waals surface area (Å²) in [6.45, 7) is 0.230. The van der Waals surface area contributed by atoms with E-state index in [9.17, 15) is 22.4 Å². The van der Waals surface area contributed by atoms with Crippen LogP contribution < -0.4 is 5.73 Å². The van der Waals surface area contributed by atoms with E-state index < -0.39 is 23.5 Å². The van der Waals surface area contributed by atoms with Gasteiger partial charge in [0.2, 0.25) is 0 Å². The van der Waals surface area contributed by atoms with Crippen LogP contribution in [0.2, 0.25) is 0 Å². The topological polar surface area (TPSA) is 48.0 Å². The summed E-state index contributed by atoms with van der Waals surface area (Å²) in [5, 5.41) is 0.496. The number of benzene rings is 2. The van der Waals surface area contributed by atoms with Crippen LogP contribution in [0.1, 0.15) is 21.5 Å². The number of alkyl halides is 3. The Kier molecular flexibility index (Phi) is 3.79. The second kappa shape index (κ2) is 5.67. The maximum atomic E-state index is 13.5. The van der Waals surface area contributed by atoms with Gasteiger partial charge in [-0.25, -0.2) is 4.39 Å². The molecule has 2 N–H and O–H groups in total. The van der Waals surface area contributed by atoms with E-state index in [1.165, 1.54) is 18.2 Å². The van der Waals surface area contributed by atoms with Gasteiger partial charge in [-0.2, -0.15) is 13.2 Å². The number of nitrogens with two attached hydrogens (primary N) is 1. The van der Waals surface area contributed by atoms with Gasteiger partial charge in [0.25, 0.3) is 5.91 Å². The van der Waals surface area contributed by atoms with E-state index in [0.29, 0.717) is 16.5 Å². The Morgan fingerprint density at radius 2 is 1.75 bits per heavy atom. The van der Waals surface area contributed by atoms with Gasteiger partial charge in [0.1, 0.15) is 5.82 Å². The molecular formula is C17H12F4N2O. The van der Waals surface area contributed by atoms with Crippen LogP contribution in [0.3, 0.4) is 0 Å². The van der Waals surface area contributed by atoms with Crippen molar-refractivity contribution >= 4 is 16.8 Å². The highest BCUT2D eigenvalue weighted by Gasteiger charge is 2.29. The van der Waals surface area contributed by atoms with Crippen LogP contribution in [0.25, 0.3) is 10.9 Å². The summed E-state index contributed by atoms with van der Waals surface area (Å²) in [6, 6.07) is 8.66. The Morgan fingerprint density at radius 3 is 2.33 bits per heavy atom. The summed E-state index contributed by atoms with van der Waals surface area (Å²) < 4.78 is 53.0. The number of fused-ring (bicyclic) bond motifs is 1. The quantitative estimate of drug-likeness (QED) is 0.724. The molecule has 0 spiro atoms. The minimum Gasteiger partial charge on any atom is -0.366 e. The van der Waals surface area contributed by atoms with Gasteiger partial charge >= 0.3 is 6.18 Å². The number of primary amides is 1. The van der Waals surface area contributed by atoms with Crippen LogP contribution >= 0.6 is 0 Å². The van der Waals surface area contributed by atoms with Crippen molar-refractivity contribution in [3.05, 3.63) is 71.2 Å². The van der Waals surface area contributed by atoms with E-state index >= 15 is 0 Å². The number of nitrogens with zero attached hydrogens (tertiary/aromatic N) is 1. The average Bonchev–Trinajstić information content (AvgIpc) is 2.88.